The fourth-order valence-electron chi connectivity index (χ4n) is 7.34. The summed E-state index contributed by atoms with van der Waals surface area (Å²) in [6.45, 7) is 7.62. The van der Waals surface area contributed by atoms with E-state index in [4.69, 9.17) is 9.47 Å². The van der Waals surface area contributed by atoms with Gasteiger partial charge in [0, 0.05) is 31.8 Å². The van der Waals surface area contributed by atoms with E-state index < -0.39 is 93.1 Å². The molecule has 52 heavy (non-hydrogen) atoms. The van der Waals surface area contributed by atoms with Crippen molar-refractivity contribution >= 4 is 39.9 Å². The molecule has 3 N–H and O–H groups in total. The molecule has 1 aromatic rings. The zero-order valence-electron chi connectivity index (χ0n) is 29.2. The van der Waals surface area contributed by atoms with Crippen molar-refractivity contribution in [2.24, 2.45) is 11.3 Å². The van der Waals surface area contributed by atoms with Crippen LogP contribution in [-0.2, 0) is 53.4 Å². The van der Waals surface area contributed by atoms with Crippen molar-refractivity contribution in [1.29, 1.82) is 0 Å². The average Bonchev–Trinajstić information content (AvgIpc) is 3.97. The van der Waals surface area contributed by atoms with Gasteiger partial charge in [-0.1, -0.05) is 38.1 Å². The minimum absolute atomic E-state index is 0.0304. The van der Waals surface area contributed by atoms with E-state index in [1.807, 2.05) is 32.0 Å². The lowest BCUT2D eigenvalue weighted by molar-refractivity contribution is -0.141. The van der Waals surface area contributed by atoms with Crippen LogP contribution in [0.5, 0.6) is 0 Å². The molecule has 5 amide bonds. The number of benzene rings is 1. The van der Waals surface area contributed by atoms with Crippen molar-refractivity contribution in [1.82, 2.24) is 25.2 Å². The predicted molar refractivity (Wildman–Crippen MR) is 181 cm³/mol. The Morgan fingerprint density at radius 3 is 2.56 bits per heavy atom. The van der Waals surface area contributed by atoms with E-state index in [0.29, 0.717) is 25.7 Å². The maximum atomic E-state index is 14.0. The Morgan fingerprint density at radius 1 is 1.15 bits per heavy atom. The summed E-state index contributed by atoms with van der Waals surface area (Å²) in [5.41, 5.74) is 0.867. The van der Waals surface area contributed by atoms with Crippen molar-refractivity contribution in [2.45, 2.75) is 114 Å². The number of hydrogen-bond donors (Lipinski definition) is 3. The summed E-state index contributed by atoms with van der Waals surface area (Å²) in [6.07, 6.45) is -2.89. The van der Waals surface area contributed by atoms with Gasteiger partial charge in [0.15, 0.2) is 0 Å². The first-order valence-electron chi connectivity index (χ1n) is 17.6. The van der Waals surface area contributed by atoms with Gasteiger partial charge in [0.25, 0.3) is 5.91 Å². The number of fused-ring (bicyclic) bond motifs is 3. The van der Waals surface area contributed by atoms with E-state index in [1.165, 1.54) is 11.0 Å². The first-order valence-corrected chi connectivity index (χ1v) is 19.1. The first-order chi connectivity index (χ1) is 24.5. The Bertz CT molecular complexity index is 1750. The zero-order valence-corrected chi connectivity index (χ0v) is 30.0. The number of amides is 5. The van der Waals surface area contributed by atoms with Gasteiger partial charge in [-0.15, -0.1) is 6.58 Å². The minimum Gasteiger partial charge on any atom is -0.449 e. The molecular weight excluding hydrogens is 704 g/mol. The quantitative estimate of drug-likeness (QED) is 0.337. The summed E-state index contributed by atoms with van der Waals surface area (Å²) in [5.74, 6) is -3.53. The lowest BCUT2D eigenvalue weighted by Crippen LogP contribution is -2.58. The number of hydrogen-bond acceptors (Lipinski definition) is 9. The van der Waals surface area contributed by atoms with Crippen LogP contribution in [0.2, 0.25) is 0 Å². The minimum atomic E-state index is -3.97. The van der Waals surface area contributed by atoms with Crippen molar-refractivity contribution < 1.29 is 50.6 Å². The molecule has 0 spiro atoms. The van der Waals surface area contributed by atoms with Gasteiger partial charge in [-0.25, -0.2) is 26.8 Å². The number of nitrogens with one attached hydrogen (secondary N) is 3. The molecule has 0 unspecified atom stereocenters. The van der Waals surface area contributed by atoms with Gasteiger partial charge >= 0.3 is 12.2 Å². The number of cyclic esters (lactones) is 1. The summed E-state index contributed by atoms with van der Waals surface area (Å²) < 4.78 is 66.2. The fourth-order valence-corrected chi connectivity index (χ4v) is 8.70. The number of sulfonamides is 1. The van der Waals surface area contributed by atoms with Crippen LogP contribution in [0, 0.1) is 11.3 Å². The summed E-state index contributed by atoms with van der Waals surface area (Å²) in [4.78, 5) is 70.2. The zero-order chi connectivity index (χ0) is 37.6. The van der Waals surface area contributed by atoms with E-state index in [9.17, 15) is 41.2 Å². The van der Waals surface area contributed by atoms with Crippen LogP contribution in [0.3, 0.4) is 0 Å². The molecule has 1 aromatic carbocycles. The van der Waals surface area contributed by atoms with Gasteiger partial charge in [0.2, 0.25) is 28.3 Å². The molecule has 4 bridgehead atoms. The van der Waals surface area contributed by atoms with Crippen LogP contribution in [-0.4, -0.2) is 96.7 Å². The van der Waals surface area contributed by atoms with Crippen LogP contribution >= 0.6 is 0 Å². The third-order valence-corrected chi connectivity index (χ3v) is 12.4. The molecule has 284 valence electrons. The number of halogens is 2. The van der Waals surface area contributed by atoms with Crippen molar-refractivity contribution in [3.63, 3.8) is 0 Å². The fraction of sp³-hybridized carbons (Fsp3) is 0.629. The Labute approximate surface area is 301 Å². The number of carbonyl (C=O) groups excluding carboxylic acids is 5. The normalized spacial score (nSPS) is 29.2. The molecule has 17 heteroatoms. The highest BCUT2D eigenvalue weighted by Gasteiger charge is 2.62. The lowest BCUT2D eigenvalue weighted by atomic mass is 9.86. The Morgan fingerprint density at radius 2 is 1.88 bits per heavy atom. The summed E-state index contributed by atoms with van der Waals surface area (Å²) in [5, 5.41) is 4.13. The number of alkyl halides is 2. The van der Waals surface area contributed by atoms with Gasteiger partial charge in [0.1, 0.15) is 23.7 Å². The van der Waals surface area contributed by atoms with E-state index >= 15 is 0 Å². The van der Waals surface area contributed by atoms with Gasteiger partial charge in [-0.05, 0) is 60.6 Å². The number of alkyl carbamates (subject to hydrolysis) is 1. The van der Waals surface area contributed by atoms with Crippen LogP contribution in [0.25, 0.3) is 0 Å². The lowest BCUT2D eigenvalue weighted by Gasteiger charge is -2.30. The standard InChI is InChI=1S/C35H45F2N5O9S/c1-4-22-15-35(22,31(45)40-52(48,49)24-10-11-24)39-29(43)27-13-23-17-42(27)30(44)26(14-28(36)37)38-32(46)50-19-34(2,3)12-6-9-20-7-5-8-21-16-41(18-25(20)21)33(47)51-23/h4-5,7-8,22-24,26-28H,1,6,9-19H2,2-3H3,(H,38,46)(H,39,43)(H,40,45)/t22-,23-,26+,27+,35-/m1/s1. The molecule has 2 aliphatic carbocycles. The molecule has 3 fully saturated rings. The highest BCUT2D eigenvalue weighted by atomic mass is 32.2. The topological polar surface area (TPSA) is 181 Å². The molecular formula is C35H45F2N5O9S. The predicted octanol–water partition coefficient (Wildman–Crippen LogP) is 2.89. The van der Waals surface area contributed by atoms with Crippen LogP contribution in [0.1, 0.15) is 75.5 Å². The van der Waals surface area contributed by atoms with E-state index in [-0.39, 0.29) is 39.1 Å². The molecule has 5 aliphatic rings. The third kappa shape index (κ3) is 8.03. The maximum absolute atomic E-state index is 14.0. The van der Waals surface area contributed by atoms with Crippen LogP contribution < -0.4 is 15.4 Å². The van der Waals surface area contributed by atoms with E-state index in [0.717, 1.165) is 28.0 Å². The van der Waals surface area contributed by atoms with Crippen LogP contribution in [0.15, 0.2) is 30.9 Å². The van der Waals surface area contributed by atoms with Crippen molar-refractivity contribution in [3.8, 4) is 0 Å². The molecule has 6 rings (SSSR count). The van der Waals surface area contributed by atoms with Crippen molar-refractivity contribution in [2.75, 3.05) is 13.2 Å². The largest absolute Gasteiger partial charge is 0.449 e. The van der Waals surface area contributed by atoms with E-state index in [2.05, 4.69) is 21.9 Å². The Hall–Kier alpha value is -4.28. The number of carbonyl (C=O) groups is 5. The number of ether oxygens (including phenoxy) is 2. The highest BCUT2D eigenvalue weighted by molar-refractivity contribution is 7.91. The van der Waals surface area contributed by atoms with Gasteiger partial charge in [-0.2, -0.15) is 0 Å². The van der Waals surface area contributed by atoms with Crippen LogP contribution in [0.4, 0.5) is 18.4 Å². The number of nitrogens with zero attached hydrogens (tertiary/aromatic N) is 2. The third-order valence-electron chi connectivity index (χ3n) is 10.6. The second-order valence-corrected chi connectivity index (χ2v) is 17.2. The Kier molecular flexibility index (Phi) is 10.3. The molecule has 5 atom stereocenters. The summed E-state index contributed by atoms with van der Waals surface area (Å²) in [6, 6.07) is 2.62. The number of rotatable bonds is 8. The van der Waals surface area contributed by atoms with Gasteiger partial charge < -0.3 is 25.0 Å². The van der Waals surface area contributed by atoms with Crippen molar-refractivity contribution in [3.05, 3.63) is 47.5 Å². The summed E-state index contributed by atoms with van der Waals surface area (Å²) in [7, 11) is -3.97. The Balaban J connectivity index is 1.27. The maximum Gasteiger partial charge on any atom is 0.410 e. The molecule has 1 saturated heterocycles. The molecule has 0 radical (unpaired) electrons. The highest BCUT2D eigenvalue weighted by Crippen LogP contribution is 2.45. The first kappa shape index (κ1) is 37.5. The second-order valence-electron chi connectivity index (χ2n) is 15.3. The molecule has 0 aromatic heterocycles. The average molecular weight is 750 g/mol. The smallest absolute Gasteiger partial charge is 0.410 e. The SMILES string of the molecule is C=C[C@@H]1C[C@]1(NC(=O)[C@@H]1C[C@@H]2CN1C(=O)[C@H](CC(F)F)NC(=O)OCC(C)(C)CCCc1cccc3c1CN(C3)C(=O)O2)C(=O)NS(=O)(=O)C1CC1. The van der Waals surface area contributed by atoms with E-state index in [1.54, 1.807) is 0 Å². The monoisotopic (exact) mass is 749 g/mol. The molecule has 3 heterocycles. The summed E-state index contributed by atoms with van der Waals surface area (Å²) >= 11 is 0. The molecule has 3 aliphatic heterocycles. The van der Waals surface area contributed by atoms with Gasteiger partial charge in [-0.3, -0.25) is 24.0 Å². The number of aryl methyl sites for hydroxylation is 1. The second kappa shape index (κ2) is 14.3. The molecule has 2 saturated carbocycles. The molecule has 14 nitrogen and oxygen atoms in total. The van der Waals surface area contributed by atoms with Gasteiger partial charge in [0.05, 0.1) is 18.4 Å².